The van der Waals surface area contributed by atoms with Crippen LogP contribution in [0.25, 0.3) is 0 Å². The molecule has 32 heavy (non-hydrogen) atoms. The molecule has 5 heterocycles. The van der Waals surface area contributed by atoms with Gasteiger partial charge in [-0.15, -0.1) is 0 Å². The number of hydrogen-bond acceptors (Lipinski definition) is 8. The molecule has 2 aliphatic heterocycles. The molecule has 3 aromatic rings. The fourth-order valence-corrected chi connectivity index (χ4v) is 4.57. The van der Waals surface area contributed by atoms with Crippen LogP contribution >= 0.6 is 0 Å². The van der Waals surface area contributed by atoms with Gasteiger partial charge in [0, 0.05) is 44.2 Å². The maximum atomic E-state index is 13.1. The topological polar surface area (TPSA) is 108 Å². The largest absolute Gasteiger partial charge is 0.456 e. The first kappa shape index (κ1) is 20.9. The van der Waals surface area contributed by atoms with Gasteiger partial charge in [0.15, 0.2) is 11.6 Å². The van der Waals surface area contributed by atoms with Crippen molar-refractivity contribution in [3.63, 3.8) is 0 Å². The first-order chi connectivity index (χ1) is 15.6. The molecule has 0 spiro atoms. The van der Waals surface area contributed by atoms with Crippen molar-refractivity contribution in [3.05, 3.63) is 52.4 Å². The van der Waals surface area contributed by atoms with Gasteiger partial charge in [0.05, 0.1) is 11.6 Å². The third-order valence-electron chi connectivity index (χ3n) is 6.51. The van der Waals surface area contributed by atoms with Crippen LogP contribution < -0.4 is 0 Å². The zero-order valence-electron chi connectivity index (χ0n) is 18.5. The van der Waals surface area contributed by atoms with Gasteiger partial charge < -0.3 is 23.1 Å². The Bertz CT molecular complexity index is 1060. The average molecular weight is 441 g/mol. The number of furan rings is 1. The summed E-state index contributed by atoms with van der Waals surface area (Å²) >= 11 is 0. The molecular weight excluding hydrogens is 412 g/mol. The van der Waals surface area contributed by atoms with E-state index in [1.54, 1.807) is 6.07 Å². The number of piperidine rings is 1. The van der Waals surface area contributed by atoms with Crippen molar-refractivity contribution in [2.75, 3.05) is 26.3 Å². The molecule has 2 aliphatic rings. The fourth-order valence-electron chi connectivity index (χ4n) is 4.57. The highest BCUT2D eigenvalue weighted by Gasteiger charge is 2.31. The SMILES string of the molecule is Cc1noc(C)c1Cc1ccc(C(=O)N2CCCC(c3nc(C4CCOCC4)no3)C2)o1. The Labute approximate surface area is 186 Å². The Morgan fingerprint density at radius 2 is 1.94 bits per heavy atom. The monoisotopic (exact) mass is 440 g/mol. The highest BCUT2D eigenvalue weighted by molar-refractivity contribution is 5.91. The number of ether oxygens (including phenoxy) is 1. The van der Waals surface area contributed by atoms with E-state index in [-0.39, 0.29) is 11.8 Å². The van der Waals surface area contributed by atoms with E-state index in [1.807, 2.05) is 24.8 Å². The minimum absolute atomic E-state index is 0.0468. The van der Waals surface area contributed by atoms with Gasteiger partial charge in [0.25, 0.3) is 5.91 Å². The standard InChI is InChI=1S/C23H28N4O5/c1-14-19(15(2)31-25-14)12-18-5-6-20(30-18)23(28)27-9-3-4-17(13-27)22-24-21(26-32-22)16-7-10-29-11-8-16/h5-6,16-17H,3-4,7-13H2,1-2H3. The minimum atomic E-state index is -0.108. The van der Waals surface area contributed by atoms with Crippen LogP contribution in [0.5, 0.6) is 0 Å². The number of rotatable bonds is 5. The molecule has 0 aliphatic carbocycles. The van der Waals surface area contributed by atoms with Crippen LogP contribution in [0.2, 0.25) is 0 Å². The summed E-state index contributed by atoms with van der Waals surface area (Å²) in [5, 5.41) is 8.20. The fraction of sp³-hybridized carbons (Fsp3) is 0.565. The van der Waals surface area contributed by atoms with E-state index in [4.69, 9.17) is 18.2 Å². The molecule has 1 unspecified atom stereocenters. The summed E-state index contributed by atoms with van der Waals surface area (Å²) in [6.45, 7) is 6.50. The summed E-state index contributed by atoms with van der Waals surface area (Å²) in [6.07, 6.45) is 4.20. The second kappa shape index (κ2) is 8.90. The van der Waals surface area contributed by atoms with Crippen molar-refractivity contribution in [2.24, 2.45) is 0 Å². The molecule has 0 N–H and O–H groups in total. The van der Waals surface area contributed by atoms with Crippen LogP contribution in [0.15, 0.2) is 25.6 Å². The first-order valence-electron chi connectivity index (χ1n) is 11.3. The Hall–Kier alpha value is -2.94. The van der Waals surface area contributed by atoms with E-state index in [0.29, 0.717) is 42.8 Å². The van der Waals surface area contributed by atoms with Crippen molar-refractivity contribution in [1.82, 2.24) is 20.2 Å². The lowest BCUT2D eigenvalue weighted by Gasteiger charge is -2.30. The summed E-state index contributed by atoms with van der Waals surface area (Å²) < 4.78 is 22.1. The number of aryl methyl sites for hydroxylation is 2. The number of aromatic nitrogens is 3. The van der Waals surface area contributed by atoms with Crippen molar-refractivity contribution < 1.29 is 23.0 Å². The second-order valence-electron chi connectivity index (χ2n) is 8.71. The first-order valence-corrected chi connectivity index (χ1v) is 11.3. The average Bonchev–Trinajstić information content (AvgIpc) is 3.57. The molecule has 9 nitrogen and oxygen atoms in total. The molecule has 5 rings (SSSR count). The Kier molecular flexibility index (Phi) is 5.82. The van der Waals surface area contributed by atoms with Crippen molar-refractivity contribution in [1.29, 1.82) is 0 Å². The lowest BCUT2D eigenvalue weighted by Crippen LogP contribution is -2.39. The molecule has 0 saturated carbocycles. The highest BCUT2D eigenvalue weighted by atomic mass is 16.5. The lowest BCUT2D eigenvalue weighted by atomic mass is 9.97. The van der Waals surface area contributed by atoms with Crippen molar-refractivity contribution >= 4 is 5.91 Å². The summed E-state index contributed by atoms with van der Waals surface area (Å²) in [4.78, 5) is 19.6. The van der Waals surface area contributed by atoms with Crippen LogP contribution in [-0.4, -0.2) is 52.4 Å². The zero-order valence-corrected chi connectivity index (χ0v) is 18.5. The van der Waals surface area contributed by atoms with Gasteiger partial charge in [-0.1, -0.05) is 10.3 Å². The third kappa shape index (κ3) is 4.21. The molecule has 0 radical (unpaired) electrons. The molecule has 2 fully saturated rings. The van der Waals surface area contributed by atoms with Crippen molar-refractivity contribution in [2.45, 2.75) is 57.8 Å². The molecule has 0 bridgehead atoms. The maximum absolute atomic E-state index is 13.1. The molecule has 9 heteroatoms. The zero-order chi connectivity index (χ0) is 22.1. The maximum Gasteiger partial charge on any atom is 0.289 e. The normalized spacial score (nSPS) is 20.1. The van der Waals surface area contributed by atoms with E-state index >= 15 is 0 Å². The molecule has 3 aromatic heterocycles. The predicted octanol–water partition coefficient (Wildman–Crippen LogP) is 3.77. The predicted molar refractivity (Wildman–Crippen MR) is 112 cm³/mol. The highest BCUT2D eigenvalue weighted by Crippen LogP contribution is 2.30. The molecule has 1 amide bonds. The number of hydrogen-bond donors (Lipinski definition) is 0. The number of amides is 1. The van der Waals surface area contributed by atoms with Gasteiger partial charge in [-0.2, -0.15) is 4.98 Å². The molecule has 2 saturated heterocycles. The summed E-state index contributed by atoms with van der Waals surface area (Å²) in [6, 6.07) is 3.59. The molecule has 170 valence electrons. The number of nitrogens with zero attached hydrogens (tertiary/aromatic N) is 4. The smallest absolute Gasteiger partial charge is 0.289 e. The van der Waals surface area contributed by atoms with E-state index in [1.165, 1.54) is 0 Å². The van der Waals surface area contributed by atoms with Gasteiger partial charge in [-0.3, -0.25) is 4.79 Å². The second-order valence-corrected chi connectivity index (χ2v) is 8.71. The van der Waals surface area contributed by atoms with E-state index in [2.05, 4.69) is 15.3 Å². The molecular formula is C23H28N4O5. The van der Waals surface area contributed by atoms with Gasteiger partial charge >= 0.3 is 0 Å². The van der Waals surface area contributed by atoms with E-state index in [0.717, 1.165) is 61.7 Å². The summed E-state index contributed by atoms with van der Waals surface area (Å²) in [5.41, 5.74) is 1.83. The Balaban J connectivity index is 1.24. The van der Waals surface area contributed by atoms with Crippen LogP contribution in [0.3, 0.4) is 0 Å². The number of likely N-dealkylation sites (tertiary alicyclic amines) is 1. The Morgan fingerprint density at radius 3 is 2.72 bits per heavy atom. The van der Waals surface area contributed by atoms with Crippen LogP contribution in [0.4, 0.5) is 0 Å². The number of carbonyl (C=O) groups is 1. The van der Waals surface area contributed by atoms with Crippen LogP contribution in [0, 0.1) is 13.8 Å². The van der Waals surface area contributed by atoms with Gasteiger partial charge in [0.2, 0.25) is 5.89 Å². The quantitative estimate of drug-likeness (QED) is 0.590. The Morgan fingerprint density at radius 1 is 1.09 bits per heavy atom. The van der Waals surface area contributed by atoms with E-state index < -0.39 is 0 Å². The van der Waals surface area contributed by atoms with Gasteiger partial charge in [0.1, 0.15) is 11.5 Å². The minimum Gasteiger partial charge on any atom is -0.456 e. The number of carbonyl (C=O) groups excluding carboxylic acids is 1. The van der Waals surface area contributed by atoms with Gasteiger partial charge in [-0.25, -0.2) is 0 Å². The van der Waals surface area contributed by atoms with Crippen LogP contribution in [-0.2, 0) is 11.2 Å². The van der Waals surface area contributed by atoms with E-state index in [9.17, 15) is 4.79 Å². The summed E-state index contributed by atoms with van der Waals surface area (Å²) in [7, 11) is 0. The lowest BCUT2D eigenvalue weighted by molar-refractivity contribution is 0.0662. The summed E-state index contributed by atoms with van der Waals surface area (Å²) in [5.74, 6) is 3.46. The molecule has 0 aromatic carbocycles. The van der Waals surface area contributed by atoms with Crippen LogP contribution in [0.1, 0.15) is 82.6 Å². The molecule has 1 atom stereocenters. The van der Waals surface area contributed by atoms with Gasteiger partial charge in [-0.05, 0) is 51.7 Å². The van der Waals surface area contributed by atoms with Crippen molar-refractivity contribution in [3.8, 4) is 0 Å². The third-order valence-corrected chi connectivity index (χ3v) is 6.51.